The fourth-order valence-electron chi connectivity index (χ4n) is 2.53. The Balaban J connectivity index is 1.56. The van der Waals surface area contributed by atoms with E-state index in [0.29, 0.717) is 0 Å². The molecular formula is C15H18FN3O. The van der Waals surface area contributed by atoms with Gasteiger partial charge in [0.2, 0.25) is 0 Å². The largest absolute Gasteiger partial charge is 0.375 e. The van der Waals surface area contributed by atoms with Gasteiger partial charge in [0.1, 0.15) is 11.6 Å². The molecule has 0 saturated carbocycles. The Morgan fingerprint density at radius 2 is 2.20 bits per heavy atom. The molecule has 1 aliphatic heterocycles. The lowest BCUT2D eigenvalue weighted by molar-refractivity contribution is -0.0311. The second-order valence-electron chi connectivity index (χ2n) is 5.09. The molecule has 1 aliphatic rings. The zero-order valence-corrected chi connectivity index (χ0v) is 11.3. The highest BCUT2D eigenvalue weighted by atomic mass is 19.1. The minimum absolute atomic E-state index is 0.157. The van der Waals surface area contributed by atoms with Crippen LogP contribution >= 0.6 is 0 Å². The summed E-state index contributed by atoms with van der Waals surface area (Å²) >= 11 is 0. The quantitative estimate of drug-likeness (QED) is 0.928. The second-order valence-corrected chi connectivity index (χ2v) is 5.09. The first-order valence-electron chi connectivity index (χ1n) is 6.86. The first-order chi connectivity index (χ1) is 9.79. The van der Waals surface area contributed by atoms with E-state index in [4.69, 9.17) is 4.74 Å². The molecule has 1 saturated heterocycles. The number of rotatable bonds is 4. The van der Waals surface area contributed by atoms with Gasteiger partial charge in [-0.1, -0.05) is 12.1 Å². The zero-order valence-electron chi connectivity index (χ0n) is 11.3. The molecule has 0 spiro atoms. The fraction of sp³-hybridized carbons (Fsp3) is 0.400. The number of nitrogens with zero attached hydrogens (tertiary/aromatic N) is 2. The summed E-state index contributed by atoms with van der Waals surface area (Å²) in [7, 11) is 0. The summed E-state index contributed by atoms with van der Waals surface area (Å²) in [6.07, 6.45) is 4.58. The van der Waals surface area contributed by atoms with Crippen molar-refractivity contribution in [2.24, 2.45) is 0 Å². The summed E-state index contributed by atoms with van der Waals surface area (Å²) in [6, 6.07) is 6.64. The highest BCUT2D eigenvalue weighted by molar-refractivity contribution is 5.17. The van der Waals surface area contributed by atoms with Crippen LogP contribution in [0.25, 0.3) is 0 Å². The lowest BCUT2D eigenvalue weighted by Crippen LogP contribution is -2.43. The molecule has 1 aromatic carbocycles. The summed E-state index contributed by atoms with van der Waals surface area (Å²) in [5.74, 6) is 0.783. The first-order valence-corrected chi connectivity index (χ1v) is 6.86. The summed E-state index contributed by atoms with van der Waals surface area (Å²) in [4.78, 5) is 9.70. The van der Waals surface area contributed by atoms with Crippen molar-refractivity contribution < 1.29 is 9.13 Å². The smallest absolute Gasteiger partial charge is 0.123 e. The molecule has 1 aromatic heterocycles. The Bertz CT molecular complexity index is 527. The van der Waals surface area contributed by atoms with Crippen LogP contribution < -0.4 is 0 Å². The number of halogens is 1. The molecule has 2 heterocycles. The van der Waals surface area contributed by atoms with Crippen molar-refractivity contribution in [3.05, 3.63) is 53.9 Å². The monoisotopic (exact) mass is 275 g/mol. The van der Waals surface area contributed by atoms with Gasteiger partial charge < -0.3 is 9.72 Å². The molecule has 20 heavy (non-hydrogen) atoms. The maximum absolute atomic E-state index is 12.9. The van der Waals surface area contributed by atoms with Crippen LogP contribution in [-0.2, 0) is 17.7 Å². The molecule has 1 N–H and O–H groups in total. The normalized spacial score (nSPS) is 20.1. The van der Waals surface area contributed by atoms with Crippen LogP contribution in [0.4, 0.5) is 4.39 Å². The number of imidazole rings is 1. The van der Waals surface area contributed by atoms with Gasteiger partial charge in [-0.25, -0.2) is 9.37 Å². The number of nitrogens with one attached hydrogen (secondary N) is 1. The van der Waals surface area contributed by atoms with Crippen LogP contribution in [0.2, 0.25) is 0 Å². The third-order valence-corrected chi connectivity index (χ3v) is 3.53. The zero-order chi connectivity index (χ0) is 13.8. The molecule has 0 aliphatic carbocycles. The first kappa shape index (κ1) is 13.3. The van der Waals surface area contributed by atoms with Gasteiger partial charge >= 0.3 is 0 Å². The Labute approximate surface area is 117 Å². The number of morpholine rings is 1. The molecule has 0 amide bonds. The van der Waals surface area contributed by atoms with Crippen molar-refractivity contribution in [3.8, 4) is 0 Å². The number of hydrogen-bond acceptors (Lipinski definition) is 3. The number of ether oxygens (including phenoxy) is 1. The number of hydrogen-bond donors (Lipinski definition) is 1. The van der Waals surface area contributed by atoms with E-state index in [9.17, 15) is 4.39 Å². The molecule has 3 rings (SSSR count). The van der Waals surface area contributed by atoms with Crippen molar-refractivity contribution in [1.82, 2.24) is 14.9 Å². The minimum atomic E-state index is -0.197. The van der Waals surface area contributed by atoms with E-state index in [1.165, 1.54) is 12.1 Å². The van der Waals surface area contributed by atoms with E-state index in [1.54, 1.807) is 6.20 Å². The maximum Gasteiger partial charge on any atom is 0.123 e. The van der Waals surface area contributed by atoms with E-state index in [2.05, 4.69) is 14.9 Å². The van der Waals surface area contributed by atoms with E-state index >= 15 is 0 Å². The SMILES string of the molecule is Fc1ccc(C[C@H]2CN(Cc3ncc[nH]3)CCO2)cc1. The number of aromatic nitrogens is 2. The summed E-state index contributed by atoms with van der Waals surface area (Å²) in [6.45, 7) is 3.33. The van der Waals surface area contributed by atoms with Crippen molar-refractivity contribution in [3.63, 3.8) is 0 Å². The van der Waals surface area contributed by atoms with Crippen LogP contribution in [0.5, 0.6) is 0 Å². The molecule has 0 bridgehead atoms. The van der Waals surface area contributed by atoms with Crippen LogP contribution in [-0.4, -0.2) is 40.7 Å². The molecule has 0 radical (unpaired) electrons. The second kappa shape index (κ2) is 6.15. The van der Waals surface area contributed by atoms with Gasteiger partial charge in [0.15, 0.2) is 0 Å². The van der Waals surface area contributed by atoms with Gasteiger partial charge in [-0.2, -0.15) is 0 Å². The highest BCUT2D eigenvalue weighted by Crippen LogP contribution is 2.13. The maximum atomic E-state index is 12.9. The molecule has 4 nitrogen and oxygen atoms in total. The van der Waals surface area contributed by atoms with Gasteiger partial charge in [-0.15, -0.1) is 0 Å². The van der Waals surface area contributed by atoms with Crippen molar-refractivity contribution in [1.29, 1.82) is 0 Å². The molecule has 1 fully saturated rings. The van der Waals surface area contributed by atoms with Crippen LogP contribution in [0.15, 0.2) is 36.7 Å². The fourth-order valence-corrected chi connectivity index (χ4v) is 2.53. The Kier molecular flexibility index (Phi) is 4.08. The highest BCUT2D eigenvalue weighted by Gasteiger charge is 2.21. The van der Waals surface area contributed by atoms with Crippen LogP contribution in [0, 0.1) is 5.82 Å². The van der Waals surface area contributed by atoms with Crippen molar-refractivity contribution in [2.75, 3.05) is 19.7 Å². The van der Waals surface area contributed by atoms with Gasteiger partial charge in [0, 0.05) is 25.5 Å². The number of aromatic amines is 1. The standard InChI is InChI=1S/C15H18FN3O/c16-13-3-1-12(2-4-13)9-14-10-19(7-8-20-14)11-15-17-5-6-18-15/h1-6,14H,7-11H2,(H,17,18)/t14-/m0/s1. The number of benzene rings is 1. The van der Waals surface area contributed by atoms with Gasteiger partial charge in [0.05, 0.1) is 19.3 Å². The molecular weight excluding hydrogens is 257 g/mol. The van der Waals surface area contributed by atoms with E-state index in [-0.39, 0.29) is 11.9 Å². The van der Waals surface area contributed by atoms with E-state index in [0.717, 1.165) is 44.0 Å². The van der Waals surface area contributed by atoms with Gasteiger partial charge in [-0.3, -0.25) is 4.90 Å². The van der Waals surface area contributed by atoms with Crippen molar-refractivity contribution in [2.45, 2.75) is 19.1 Å². The molecule has 106 valence electrons. The van der Waals surface area contributed by atoms with Crippen LogP contribution in [0.1, 0.15) is 11.4 Å². The molecule has 1 atom stereocenters. The molecule has 2 aromatic rings. The number of H-pyrrole nitrogens is 1. The van der Waals surface area contributed by atoms with E-state index in [1.807, 2.05) is 18.3 Å². The average Bonchev–Trinajstić information content (AvgIpc) is 2.95. The summed E-state index contributed by atoms with van der Waals surface area (Å²) in [5, 5.41) is 0. The molecule has 5 heteroatoms. The predicted molar refractivity (Wildman–Crippen MR) is 73.7 cm³/mol. The third kappa shape index (κ3) is 3.43. The lowest BCUT2D eigenvalue weighted by Gasteiger charge is -2.32. The predicted octanol–water partition coefficient (Wildman–Crippen LogP) is 1.99. The third-order valence-electron chi connectivity index (χ3n) is 3.53. The Morgan fingerprint density at radius 3 is 2.95 bits per heavy atom. The summed E-state index contributed by atoms with van der Waals surface area (Å²) in [5.41, 5.74) is 1.11. The lowest BCUT2D eigenvalue weighted by atomic mass is 10.1. The Hall–Kier alpha value is -1.72. The van der Waals surface area contributed by atoms with Gasteiger partial charge in [0.25, 0.3) is 0 Å². The molecule has 0 unspecified atom stereocenters. The van der Waals surface area contributed by atoms with Crippen LogP contribution in [0.3, 0.4) is 0 Å². The topological polar surface area (TPSA) is 41.2 Å². The average molecular weight is 275 g/mol. The minimum Gasteiger partial charge on any atom is -0.375 e. The van der Waals surface area contributed by atoms with E-state index < -0.39 is 0 Å². The Morgan fingerprint density at radius 1 is 1.35 bits per heavy atom. The van der Waals surface area contributed by atoms with Gasteiger partial charge in [-0.05, 0) is 24.1 Å². The van der Waals surface area contributed by atoms with Crippen molar-refractivity contribution >= 4 is 0 Å². The summed E-state index contributed by atoms with van der Waals surface area (Å²) < 4.78 is 18.7.